The second-order valence-corrected chi connectivity index (χ2v) is 2.34. The van der Waals surface area contributed by atoms with Gasteiger partial charge in [-0.15, -0.1) is 0 Å². The van der Waals surface area contributed by atoms with Crippen molar-refractivity contribution in [1.29, 1.82) is 0 Å². The zero-order chi connectivity index (χ0) is 9.14. The number of rotatable bonds is 2. The molecule has 0 aliphatic heterocycles. The largest absolute Gasteiger partial charge is 0.479 e. The van der Waals surface area contributed by atoms with Gasteiger partial charge in [-0.2, -0.15) is 10.2 Å². The minimum Gasteiger partial charge on any atom is -0.479 e. The molecular formula is C7H8N2O3. The maximum absolute atomic E-state index is 10.3. The molecule has 1 aromatic heterocycles. The molecule has 0 aromatic carbocycles. The molecule has 0 fully saturated rings. The highest BCUT2D eigenvalue weighted by Gasteiger charge is 2.17. The van der Waals surface area contributed by atoms with Crippen LogP contribution >= 0.6 is 0 Å². The summed E-state index contributed by atoms with van der Waals surface area (Å²) >= 11 is 0. The van der Waals surface area contributed by atoms with E-state index in [0.29, 0.717) is 5.69 Å². The average Bonchev–Trinajstić information content (AvgIpc) is 2.04. The van der Waals surface area contributed by atoms with Crippen LogP contribution in [0.15, 0.2) is 12.1 Å². The molecule has 1 rings (SSSR count). The van der Waals surface area contributed by atoms with Crippen molar-refractivity contribution < 1.29 is 15.0 Å². The van der Waals surface area contributed by atoms with Crippen LogP contribution in [0, 0.1) is 6.92 Å². The first kappa shape index (κ1) is 8.61. The van der Waals surface area contributed by atoms with Crippen molar-refractivity contribution in [1.82, 2.24) is 10.2 Å². The Bertz CT molecular complexity index is 283. The van der Waals surface area contributed by atoms with E-state index in [1.165, 1.54) is 6.07 Å². The van der Waals surface area contributed by atoms with E-state index in [-0.39, 0.29) is 5.69 Å². The van der Waals surface area contributed by atoms with E-state index in [0.717, 1.165) is 0 Å². The Labute approximate surface area is 68.7 Å². The smallest absolute Gasteiger partial charge is 0.338 e. The van der Waals surface area contributed by atoms with Crippen LogP contribution in [0.3, 0.4) is 0 Å². The van der Waals surface area contributed by atoms with E-state index in [2.05, 4.69) is 10.2 Å². The predicted octanol–water partition coefficient (Wildman–Crippen LogP) is -0.0970. The summed E-state index contributed by atoms with van der Waals surface area (Å²) < 4.78 is 0. The number of carboxylic acid groups (broad SMARTS) is 1. The van der Waals surface area contributed by atoms with E-state index in [4.69, 9.17) is 10.2 Å². The number of aryl methyl sites for hydroxylation is 1. The zero-order valence-electron chi connectivity index (χ0n) is 6.43. The van der Waals surface area contributed by atoms with Crippen molar-refractivity contribution >= 4 is 5.97 Å². The molecule has 0 radical (unpaired) electrons. The molecule has 64 valence electrons. The summed E-state index contributed by atoms with van der Waals surface area (Å²) in [6, 6.07) is 3.02. The average molecular weight is 168 g/mol. The standard InChI is InChI=1S/C7H8N2O3/c1-4-2-3-5(9-8-4)6(10)7(11)12/h2-3,6,10H,1H3,(H,11,12). The minimum absolute atomic E-state index is 0.0492. The summed E-state index contributed by atoms with van der Waals surface area (Å²) in [6.45, 7) is 1.73. The van der Waals surface area contributed by atoms with Gasteiger partial charge in [-0.3, -0.25) is 0 Å². The van der Waals surface area contributed by atoms with Gasteiger partial charge in [0.1, 0.15) is 5.69 Å². The normalized spacial score (nSPS) is 12.5. The van der Waals surface area contributed by atoms with Crippen LogP contribution < -0.4 is 0 Å². The Morgan fingerprint density at radius 1 is 1.50 bits per heavy atom. The van der Waals surface area contributed by atoms with Gasteiger partial charge >= 0.3 is 5.97 Å². The monoisotopic (exact) mass is 168 g/mol. The zero-order valence-corrected chi connectivity index (χ0v) is 6.43. The second kappa shape index (κ2) is 3.27. The molecule has 0 aliphatic rings. The maximum atomic E-state index is 10.3. The Hall–Kier alpha value is -1.49. The van der Waals surface area contributed by atoms with Crippen LogP contribution in [0.4, 0.5) is 0 Å². The number of carbonyl (C=O) groups is 1. The van der Waals surface area contributed by atoms with Crippen molar-refractivity contribution in [2.75, 3.05) is 0 Å². The number of hydrogen-bond donors (Lipinski definition) is 2. The molecule has 12 heavy (non-hydrogen) atoms. The first-order valence-corrected chi connectivity index (χ1v) is 3.32. The van der Waals surface area contributed by atoms with Gasteiger partial charge in [0.25, 0.3) is 0 Å². The van der Waals surface area contributed by atoms with Gasteiger partial charge in [-0.25, -0.2) is 4.79 Å². The van der Waals surface area contributed by atoms with Gasteiger partial charge < -0.3 is 10.2 Å². The molecule has 0 saturated carbocycles. The summed E-state index contributed by atoms with van der Waals surface area (Å²) in [4.78, 5) is 10.3. The quantitative estimate of drug-likeness (QED) is 0.644. The number of aliphatic hydroxyl groups excluding tert-OH is 1. The molecule has 0 spiro atoms. The number of hydrogen-bond acceptors (Lipinski definition) is 4. The summed E-state index contributed by atoms with van der Waals surface area (Å²) in [5.74, 6) is -1.33. The number of carboxylic acids is 1. The fourth-order valence-corrected chi connectivity index (χ4v) is 0.682. The van der Waals surface area contributed by atoms with Crippen molar-refractivity contribution in [3.05, 3.63) is 23.5 Å². The molecule has 5 nitrogen and oxygen atoms in total. The summed E-state index contributed by atoms with van der Waals surface area (Å²) in [7, 11) is 0. The highest BCUT2D eigenvalue weighted by molar-refractivity contribution is 5.73. The third kappa shape index (κ3) is 1.76. The van der Waals surface area contributed by atoms with Gasteiger partial charge in [0.15, 0.2) is 6.10 Å². The molecule has 0 bridgehead atoms. The highest BCUT2D eigenvalue weighted by atomic mass is 16.4. The van der Waals surface area contributed by atoms with Crippen LogP contribution in [0.5, 0.6) is 0 Å². The van der Waals surface area contributed by atoms with Crippen LogP contribution in [0.25, 0.3) is 0 Å². The maximum Gasteiger partial charge on any atom is 0.338 e. The Balaban J connectivity index is 2.89. The highest BCUT2D eigenvalue weighted by Crippen LogP contribution is 2.07. The third-order valence-electron chi connectivity index (χ3n) is 1.33. The summed E-state index contributed by atoms with van der Waals surface area (Å²) in [5.41, 5.74) is 0.726. The molecule has 0 saturated heterocycles. The molecule has 2 N–H and O–H groups in total. The fraction of sp³-hybridized carbons (Fsp3) is 0.286. The molecule has 1 atom stereocenters. The van der Waals surface area contributed by atoms with Crippen LogP contribution in [-0.4, -0.2) is 26.4 Å². The lowest BCUT2D eigenvalue weighted by atomic mass is 10.2. The second-order valence-electron chi connectivity index (χ2n) is 2.34. The van der Waals surface area contributed by atoms with E-state index in [1.807, 2.05) is 0 Å². The van der Waals surface area contributed by atoms with E-state index >= 15 is 0 Å². The van der Waals surface area contributed by atoms with Gasteiger partial charge in [0, 0.05) is 0 Å². The summed E-state index contributed by atoms with van der Waals surface area (Å²) in [5, 5.41) is 24.5. The van der Waals surface area contributed by atoms with Crippen LogP contribution in [0.1, 0.15) is 17.5 Å². The molecule has 1 aromatic rings. The molecule has 1 unspecified atom stereocenters. The van der Waals surface area contributed by atoms with Gasteiger partial charge in [0.2, 0.25) is 0 Å². The number of aromatic nitrogens is 2. The molecule has 0 amide bonds. The topological polar surface area (TPSA) is 83.3 Å². The Kier molecular flexibility index (Phi) is 2.35. The third-order valence-corrected chi connectivity index (χ3v) is 1.33. The first-order valence-electron chi connectivity index (χ1n) is 3.32. The van der Waals surface area contributed by atoms with E-state index < -0.39 is 12.1 Å². The lowest BCUT2D eigenvalue weighted by molar-refractivity contribution is -0.147. The van der Waals surface area contributed by atoms with Gasteiger partial charge in [-0.05, 0) is 19.1 Å². The van der Waals surface area contributed by atoms with Crippen molar-refractivity contribution in [2.24, 2.45) is 0 Å². The van der Waals surface area contributed by atoms with Crippen molar-refractivity contribution in [3.63, 3.8) is 0 Å². The molecule has 0 aliphatic carbocycles. The number of aliphatic carboxylic acids is 1. The SMILES string of the molecule is Cc1ccc(C(O)C(=O)O)nn1. The Morgan fingerprint density at radius 2 is 2.17 bits per heavy atom. The predicted molar refractivity (Wildman–Crippen MR) is 39.4 cm³/mol. The summed E-state index contributed by atoms with van der Waals surface area (Å²) in [6.07, 6.45) is -1.59. The first-order chi connectivity index (χ1) is 5.61. The van der Waals surface area contributed by atoms with Crippen molar-refractivity contribution in [2.45, 2.75) is 13.0 Å². The molecular weight excluding hydrogens is 160 g/mol. The Morgan fingerprint density at radius 3 is 2.58 bits per heavy atom. The van der Waals surface area contributed by atoms with Gasteiger partial charge in [-0.1, -0.05) is 0 Å². The number of aliphatic hydroxyl groups is 1. The van der Waals surface area contributed by atoms with Gasteiger partial charge in [0.05, 0.1) is 5.69 Å². The van der Waals surface area contributed by atoms with E-state index in [1.54, 1.807) is 13.0 Å². The van der Waals surface area contributed by atoms with Crippen LogP contribution in [-0.2, 0) is 4.79 Å². The minimum atomic E-state index is -1.59. The fourth-order valence-electron chi connectivity index (χ4n) is 0.682. The molecule has 1 heterocycles. The number of nitrogens with zero attached hydrogens (tertiary/aromatic N) is 2. The van der Waals surface area contributed by atoms with E-state index in [9.17, 15) is 4.79 Å². The van der Waals surface area contributed by atoms with Crippen molar-refractivity contribution in [3.8, 4) is 0 Å². The lowest BCUT2D eigenvalue weighted by Crippen LogP contribution is -2.12. The lowest BCUT2D eigenvalue weighted by Gasteiger charge is -2.02. The van der Waals surface area contributed by atoms with Crippen LogP contribution in [0.2, 0.25) is 0 Å². The molecule has 5 heteroatoms.